The lowest BCUT2D eigenvalue weighted by molar-refractivity contribution is 0.461. The average molecular weight is 545 g/mol. The molecule has 1 heteroatoms. The highest BCUT2D eigenvalue weighted by atomic mass is 16.3. The highest BCUT2D eigenvalue weighted by Gasteiger charge is 2.24. The van der Waals surface area contributed by atoms with Gasteiger partial charge in [0.25, 0.3) is 0 Å². The Morgan fingerprint density at radius 3 is 0.690 bits per heavy atom. The van der Waals surface area contributed by atoms with Crippen molar-refractivity contribution in [1.82, 2.24) is 0 Å². The predicted octanol–water partition coefficient (Wildman–Crippen LogP) is 9.35. The van der Waals surface area contributed by atoms with Gasteiger partial charge in [0.2, 0.25) is 0 Å². The van der Waals surface area contributed by atoms with Gasteiger partial charge in [-0.15, -0.1) is 0 Å². The van der Waals surface area contributed by atoms with Crippen LogP contribution in [0.25, 0.3) is 0 Å². The van der Waals surface area contributed by atoms with Gasteiger partial charge in [-0.2, -0.15) is 0 Å². The van der Waals surface area contributed by atoms with Crippen LogP contribution in [0.2, 0.25) is 0 Å². The molecule has 0 aliphatic heterocycles. The van der Waals surface area contributed by atoms with Crippen LogP contribution in [0.15, 0.2) is 152 Å². The van der Waals surface area contributed by atoms with E-state index in [0.717, 1.165) is 30.4 Å². The normalized spacial score (nSPS) is 11.0. The summed E-state index contributed by atoms with van der Waals surface area (Å²) in [5.74, 6) is 0.441. The monoisotopic (exact) mass is 544 g/mol. The number of hydrogen-bond donors (Lipinski definition) is 1. The van der Waals surface area contributed by atoms with E-state index in [-0.39, 0.29) is 0 Å². The van der Waals surface area contributed by atoms with Gasteiger partial charge in [0, 0.05) is 24.0 Å². The van der Waals surface area contributed by atoms with Crippen molar-refractivity contribution < 1.29 is 5.11 Å². The topological polar surface area (TPSA) is 20.2 Å². The molecule has 1 N–H and O–H groups in total. The van der Waals surface area contributed by atoms with Gasteiger partial charge in [-0.25, -0.2) is 0 Å². The molecule has 0 atom stereocenters. The molecule has 42 heavy (non-hydrogen) atoms. The van der Waals surface area contributed by atoms with Crippen molar-refractivity contribution in [3.05, 3.63) is 207 Å². The largest absolute Gasteiger partial charge is 0.507 e. The molecular weight excluding hydrogens is 508 g/mol. The zero-order valence-electron chi connectivity index (χ0n) is 23.9. The Morgan fingerprint density at radius 1 is 0.262 bits per heavy atom. The third-order valence-corrected chi connectivity index (χ3v) is 8.15. The fraction of sp³-hybridized carbons (Fsp3) is 0.122. The van der Waals surface area contributed by atoms with Gasteiger partial charge in [0.05, 0.1) is 0 Å². The molecule has 0 aliphatic carbocycles. The van der Waals surface area contributed by atoms with E-state index in [9.17, 15) is 5.11 Å². The lowest BCUT2D eigenvalue weighted by Crippen LogP contribution is -2.12. The highest BCUT2D eigenvalue weighted by Crippen LogP contribution is 2.40. The second-order valence-corrected chi connectivity index (χ2v) is 11.1. The van der Waals surface area contributed by atoms with Crippen LogP contribution in [-0.4, -0.2) is 5.11 Å². The van der Waals surface area contributed by atoms with Crippen LogP contribution in [0.1, 0.15) is 55.6 Å². The smallest absolute Gasteiger partial charge is 0.123 e. The first kappa shape index (κ1) is 27.3. The third kappa shape index (κ3) is 6.53. The van der Waals surface area contributed by atoms with Crippen molar-refractivity contribution in [2.75, 3.05) is 0 Å². The second-order valence-electron chi connectivity index (χ2n) is 11.1. The lowest BCUT2D eigenvalue weighted by atomic mass is 9.79. The summed E-state index contributed by atoms with van der Waals surface area (Å²) < 4.78 is 0. The Bertz CT molecular complexity index is 1600. The summed E-state index contributed by atoms with van der Waals surface area (Å²) in [6, 6.07) is 53.3. The maximum absolute atomic E-state index is 12.3. The number of benzene rings is 6. The standard InChI is InChI=1S/C41H36O/c42-41-39(29-34-22-12-4-13-23-34)37(27-32-18-8-2-9-19-32)36(26-31-16-6-1-7-17-31)38(28-33-20-10-3-11-21-33)40(41)30-35-24-14-5-15-25-35/h1-25,42H,26-30H2. The third-order valence-electron chi connectivity index (χ3n) is 8.15. The predicted molar refractivity (Wildman–Crippen MR) is 174 cm³/mol. The van der Waals surface area contributed by atoms with Gasteiger partial charge >= 0.3 is 0 Å². The van der Waals surface area contributed by atoms with Crippen LogP contribution < -0.4 is 0 Å². The summed E-state index contributed by atoms with van der Waals surface area (Å²) in [5.41, 5.74) is 12.1. The maximum atomic E-state index is 12.3. The van der Waals surface area contributed by atoms with Gasteiger partial charge in [-0.3, -0.25) is 0 Å². The van der Waals surface area contributed by atoms with E-state index in [2.05, 4.69) is 152 Å². The minimum atomic E-state index is 0.441. The zero-order valence-corrected chi connectivity index (χ0v) is 23.9. The van der Waals surface area contributed by atoms with Gasteiger partial charge in [-0.1, -0.05) is 152 Å². The number of aromatic hydroxyl groups is 1. The summed E-state index contributed by atoms with van der Waals surface area (Å²) >= 11 is 0. The van der Waals surface area contributed by atoms with Crippen LogP contribution in [0.5, 0.6) is 5.75 Å². The second kappa shape index (κ2) is 13.2. The van der Waals surface area contributed by atoms with Gasteiger partial charge in [-0.05, 0) is 63.8 Å². The Balaban J connectivity index is 1.62. The first-order valence-corrected chi connectivity index (χ1v) is 14.8. The minimum absolute atomic E-state index is 0.441. The molecule has 0 fully saturated rings. The van der Waals surface area contributed by atoms with E-state index >= 15 is 0 Å². The molecule has 6 aromatic rings. The van der Waals surface area contributed by atoms with Crippen LogP contribution in [0.4, 0.5) is 0 Å². The van der Waals surface area contributed by atoms with Crippen molar-refractivity contribution in [3.63, 3.8) is 0 Å². The fourth-order valence-corrected chi connectivity index (χ4v) is 6.04. The van der Waals surface area contributed by atoms with Gasteiger partial charge < -0.3 is 5.11 Å². The molecule has 6 aromatic carbocycles. The molecule has 0 amide bonds. The summed E-state index contributed by atoms with van der Waals surface area (Å²) in [6.45, 7) is 0. The first-order valence-electron chi connectivity index (χ1n) is 14.8. The fourth-order valence-electron chi connectivity index (χ4n) is 6.04. The van der Waals surface area contributed by atoms with Gasteiger partial charge in [0.1, 0.15) is 5.75 Å². The molecule has 0 saturated heterocycles. The molecule has 0 saturated carbocycles. The molecule has 0 radical (unpaired) electrons. The van der Waals surface area contributed by atoms with E-state index < -0.39 is 0 Å². The van der Waals surface area contributed by atoms with E-state index in [0.29, 0.717) is 18.6 Å². The first-order chi connectivity index (χ1) is 20.7. The van der Waals surface area contributed by atoms with E-state index in [4.69, 9.17) is 0 Å². The molecule has 0 aromatic heterocycles. The number of phenols is 1. The van der Waals surface area contributed by atoms with Gasteiger partial charge in [0.15, 0.2) is 0 Å². The van der Waals surface area contributed by atoms with Crippen molar-refractivity contribution in [2.45, 2.75) is 32.1 Å². The quantitative estimate of drug-likeness (QED) is 0.182. The van der Waals surface area contributed by atoms with E-state index in [1.165, 1.54) is 44.5 Å². The maximum Gasteiger partial charge on any atom is 0.123 e. The summed E-state index contributed by atoms with van der Waals surface area (Å²) in [4.78, 5) is 0. The van der Waals surface area contributed by atoms with Crippen LogP contribution in [0, 0.1) is 0 Å². The van der Waals surface area contributed by atoms with Crippen LogP contribution >= 0.6 is 0 Å². The van der Waals surface area contributed by atoms with Crippen molar-refractivity contribution in [3.8, 4) is 5.75 Å². The van der Waals surface area contributed by atoms with Crippen molar-refractivity contribution in [1.29, 1.82) is 0 Å². The summed E-state index contributed by atoms with van der Waals surface area (Å²) in [6.07, 6.45) is 3.72. The lowest BCUT2D eigenvalue weighted by Gasteiger charge is -2.26. The van der Waals surface area contributed by atoms with Crippen LogP contribution in [0.3, 0.4) is 0 Å². The average Bonchev–Trinajstić information content (AvgIpc) is 3.05. The number of phenolic OH excluding ortho intramolecular Hbond substituents is 1. The Kier molecular flexibility index (Phi) is 8.57. The molecule has 0 aliphatic rings. The van der Waals surface area contributed by atoms with E-state index in [1.807, 2.05) is 0 Å². The van der Waals surface area contributed by atoms with Crippen molar-refractivity contribution >= 4 is 0 Å². The highest BCUT2D eigenvalue weighted by molar-refractivity contribution is 5.61. The van der Waals surface area contributed by atoms with Crippen molar-refractivity contribution in [2.24, 2.45) is 0 Å². The molecule has 1 nitrogen and oxygen atoms in total. The SMILES string of the molecule is Oc1c(Cc2ccccc2)c(Cc2ccccc2)c(Cc2ccccc2)c(Cc2ccccc2)c1Cc1ccccc1. The number of rotatable bonds is 10. The molecule has 0 unspecified atom stereocenters. The number of hydrogen-bond acceptors (Lipinski definition) is 1. The molecule has 0 bridgehead atoms. The summed E-state index contributed by atoms with van der Waals surface area (Å²) in [5, 5.41) is 12.3. The molecule has 6 rings (SSSR count). The minimum Gasteiger partial charge on any atom is -0.507 e. The molecule has 0 heterocycles. The molecule has 0 spiro atoms. The summed E-state index contributed by atoms with van der Waals surface area (Å²) in [7, 11) is 0. The molecule has 206 valence electrons. The van der Waals surface area contributed by atoms with E-state index in [1.54, 1.807) is 0 Å². The Labute approximate surface area is 249 Å². The van der Waals surface area contributed by atoms with Crippen LogP contribution in [-0.2, 0) is 32.1 Å². The zero-order chi connectivity index (χ0) is 28.6. The molecular formula is C41H36O. The Morgan fingerprint density at radius 2 is 0.452 bits per heavy atom. The Hall–Kier alpha value is -4.88.